The molecule has 0 saturated heterocycles. The first-order valence-electron chi connectivity index (χ1n) is 7.99. The van der Waals surface area contributed by atoms with Crippen LogP contribution < -0.4 is 10.7 Å². The fourth-order valence-electron chi connectivity index (χ4n) is 2.30. The number of hydrogen-bond donors (Lipinski definition) is 2. The van der Waals surface area contributed by atoms with Crippen molar-refractivity contribution < 1.29 is 4.92 Å². The smallest absolute Gasteiger partial charge is 0.269 e. The van der Waals surface area contributed by atoms with Crippen molar-refractivity contribution in [2.75, 3.05) is 5.32 Å². The molecule has 2 aromatic carbocycles. The van der Waals surface area contributed by atoms with Crippen LogP contribution in [-0.2, 0) is 0 Å². The predicted molar refractivity (Wildman–Crippen MR) is 109 cm³/mol. The average molecular weight is 377 g/mol. The van der Waals surface area contributed by atoms with Gasteiger partial charge in [0.2, 0.25) is 0 Å². The Bertz CT molecular complexity index is 919. The Hall–Kier alpha value is -3.65. The summed E-state index contributed by atoms with van der Waals surface area (Å²) in [6, 6.07) is 21.2. The summed E-state index contributed by atoms with van der Waals surface area (Å²) in [5.41, 5.74) is 5.67. The molecule has 1 heterocycles. The van der Waals surface area contributed by atoms with Gasteiger partial charge in [0.15, 0.2) is 5.11 Å². The fourth-order valence-corrected chi connectivity index (χ4v) is 2.46. The molecule has 0 unspecified atom stereocenters. The summed E-state index contributed by atoms with van der Waals surface area (Å²) in [6.45, 7) is 0. The highest BCUT2D eigenvalue weighted by atomic mass is 32.1. The van der Waals surface area contributed by atoms with E-state index in [1.54, 1.807) is 18.3 Å². The largest absolute Gasteiger partial charge is 0.331 e. The van der Waals surface area contributed by atoms with Crippen molar-refractivity contribution >= 4 is 34.4 Å². The number of benzene rings is 2. The number of nitrogens with zero attached hydrogens (tertiary/aromatic N) is 3. The molecule has 0 amide bonds. The van der Waals surface area contributed by atoms with Crippen molar-refractivity contribution in [3.05, 3.63) is 100 Å². The molecule has 27 heavy (non-hydrogen) atoms. The summed E-state index contributed by atoms with van der Waals surface area (Å²) in [5.74, 6) is 0. The SMILES string of the molecule is O=[N+]([O-])c1ccc(NC(=S)NN=C(c2ccccc2)c2ccccn2)cc1. The molecule has 134 valence electrons. The number of aromatic nitrogens is 1. The standard InChI is InChI=1S/C19H15N5O2S/c25-24(26)16-11-9-15(10-12-16)21-19(27)23-22-18(14-6-2-1-3-7-14)17-8-4-5-13-20-17/h1-13H,(H2,21,23,27). The fraction of sp³-hybridized carbons (Fsp3) is 0. The van der Waals surface area contributed by atoms with Crippen LogP contribution in [0.3, 0.4) is 0 Å². The van der Waals surface area contributed by atoms with E-state index < -0.39 is 4.92 Å². The number of pyridine rings is 1. The lowest BCUT2D eigenvalue weighted by Gasteiger charge is -2.10. The van der Waals surface area contributed by atoms with E-state index in [9.17, 15) is 10.1 Å². The third-order valence-corrected chi connectivity index (χ3v) is 3.75. The van der Waals surface area contributed by atoms with Gasteiger partial charge in [-0.1, -0.05) is 36.4 Å². The van der Waals surface area contributed by atoms with Crippen LogP contribution >= 0.6 is 12.2 Å². The van der Waals surface area contributed by atoms with Gasteiger partial charge >= 0.3 is 0 Å². The number of anilines is 1. The van der Waals surface area contributed by atoms with E-state index in [0.29, 0.717) is 17.1 Å². The monoisotopic (exact) mass is 377 g/mol. The number of hydrazone groups is 1. The molecule has 0 saturated carbocycles. The zero-order valence-electron chi connectivity index (χ0n) is 14.1. The minimum Gasteiger partial charge on any atom is -0.331 e. The highest BCUT2D eigenvalue weighted by Gasteiger charge is 2.09. The van der Waals surface area contributed by atoms with Crippen molar-refractivity contribution in [1.82, 2.24) is 10.4 Å². The molecular formula is C19H15N5O2S. The van der Waals surface area contributed by atoms with Crippen LogP contribution in [0, 0.1) is 10.1 Å². The van der Waals surface area contributed by atoms with E-state index in [2.05, 4.69) is 20.8 Å². The van der Waals surface area contributed by atoms with Crippen LogP contribution in [0.25, 0.3) is 0 Å². The number of thiocarbonyl (C=S) groups is 1. The molecule has 8 heteroatoms. The maximum absolute atomic E-state index is 10.7. The Labute approximate surface area is 160 Å². The number of nitro benzene ring substituents is 1. The summed E-state index contributed by atoms with van der Waals surface area (Å²) < 4.78 is 0. The first-order chi connectivity index (χ1) is 13.1. The second-order valence-corrected chi connectivity index (χ2v) is 5.82. The molecule has 0 bridgehead atoms. The Balaban J connectivity index is 1.76. The molecule has 7 nitrogen and oxygen atoms in total. The van der Waals surface area contributed by atoms with Gasteiger partial charge in [-0.05, 0) is 36.5 Å². The molecule has 0 aliphatic rings. The van der Waals surface area contributed by atoms with Crippen molar-refractivity contribution in [3.63, 3.8) is 0 Å². The second kappa shape index (κ2) is 8.63. The molecule has 0 atom stereocenters. The molecule has 1 aromatic heterocycles. The van der Waals surface area contributed by atoms with Gasteiger partial charge in [-0.15, -0.1) is 0 Å². The molecule has 0 aliphatic heterocycles. The van der Waals surface area contributed by atoms with Gasteiger partial charge in [-0.3, -0.25) is 20.5 Å². The average Bonchev–Trinajstić information content (AvgIpc) is 2.70. The summed E-state index contributed by atoms with van der Waals surface area (Å²) >= 11 is 5.26. The summed E-state index contributed by atoms with van der Waals surface area (Å²) in [6.07, 6.45) is 1.70. The first kappa shape index (κ1) is 18.2. The lowest BCUT2D eigenvalue weighted by molar-refractivity contribution is -0.384. The van der Waals surface area contributed by atoms with Gasteiger partial charge in [0.05, 0.1) is 10.6 Å². The molecular weight excluding hydrogens is 362 g/mol. The molecule has 0 spiro atoms. The maximum Gasteiger partial charge on any atom is 0.269 e. The summed E-state index contributed by atoms with van der Waals surface area (Å²) in [5, 5.41) is 18.3. The van der Waals surface area contributed by atoms with Gasteiger partial charge < -0.3 is 5.32 Å². The van der Waals surface area contributed by atoms with Crippen LogP contribution in [0.1, 0.15) is 11.3 Å². The van der Waals surface area contributed by atoms with Gasteiger partial charge in [-0.25, -0.2) is 0 Å². The van der Waals surface area contributed by atoms with Crippen LogP contribution in [-0.4, -0.2) is 20.7 Å². The minimum absolute atomic E-state index is 0.0129. The third-order valence-electron chi connectivity index (χ3n) is 3.56. The Morgan fingerprint density at radius 3 is 2.33 bits per heavy atom. The molecule has 3 aromatic rings. The van der Waals surface area contributed by atoms with Gasteiger partial charge in [0, 0.05) is 29.6 Å². The summed E-state index contributed by atoms with van der Waals surface area (Å²) in [4.78, 5) is 14.6. The van der Waals surface area contributed by atoms with E-state index in [0.717, 1.165) is 5.56 Å². The second-order valence-electron chi connectivity index (χ2n) is 5.41. The lowest BCUT2D eigenvalue weighted by Crippen LogP contribution is -2.25. The number of nitrogens with one attached hydrogen (secondary N) is 2. The number of nitro groups is 1. The van der Waals surface area contributed by atoms with Crippen molar-refractivity contribution in [2.24, 2.45) is 5.10 Å². The van der Waals surface area contributed by atoms with E-state index in [1.165, 1.54) is 12.1 Å². The van der Waals surface area contributed by atoms with E-state index in [4.69, 9.17) is 12.2 Å². The lowest BCUT2D eigenvalue weighted by atomic mass is 10.1. The highest BCUT2D eigenvalue weighted by Crippen LogP contribution is 2.15. The van der Waals surface area contributed by atoms with Crippen molar-refractivity contribution in [1.29, 1.82) is 0 Å². The maximum atomic E-state index is 10.7. The van der Waals surface area contributed by atoms with Crippen LogP contribution in [0.2, 0.25) is 0 Å². The Kier molecular flexibility index (Phi) is 5.80. The van der Waals surface area contributed by atoms with Gasteiger partial charge in [0.1, 0.15) is 5.71 Å². The Morgan fingerprint density at radius 1 is 1.00 bits per heavy atom. The molecule has 0 radical (unpaired) electrons. The van der Waals surface area contributed by atoms with E-state index >= 15 is 0 Å². The topological polar surface area (TPSA) is 92.5 Å². The quantitative estimate of drug-likeness (QED) is 0.305. The predicted octanol–water partition coefficient (Wildman–Crippen LogP) is 3.73. The first-order valence-corrected chi connectivity index (χ1v) is 8.40. The minimum atomic E-state index is -0.455. The van der Waals surface area contributed by atoms with Crippen LogP contribution in [0.4, 0.5) is 11.4 Å². The highest BCUT2D eigenvalue weighted by molar-refractivity contribution is 7.80. The zero-order chi connectivity index (χ0) is 19.1. The van der Waals surface area contributed by atoms with Gasteiger partial charge in [-0.2, -0.15) is 5.10 Å². The third kappa shape index (κ3) is 4.93. The summed E-state index contributed by atoms with van der Waals surface area (Å²) in [7, 11) is 0. The molecule has 0 aliphatic carbocycles. The van der Waals surface area contributed by atoms with E-state index in [-0.39, 0.29) is 10.8 Å². The molecule has 3 rings (SSSR count). The zero-order valence-corrected chi connectivity index (χ0v) is 14.9. The van der Waals surface area contributed by atoms with Crippen LogP contribution in [0.5, 0.6) is 0 Å². The normalized spacial score (nSPS) is 10.9. The number of non-ortho nitro benzene ring substituents is 1. The molecule has 2 N–H and O–H groups in total. The van der Waals surface area contributed by atoms with Crippen molar-refractivity contribution in [2.45, 2.75) is 0 Å². The molecule has 0 fully saturated rings. The number of rotatable bonds is 5. The van der Waals surface area contributed by atoms with E-state index in [1.807, 2.05) is 48.5 Å². The van der Waals surface area contributed by atoms with Gasteiger partial charge in [0.25, 0.3) is 5.69 Å². The van der Waals surface area contributed by atoms with Crippen molar-refractivity contribution in [3.8, 4) is 0 Å². The Morgan fingerprint density at radius 2 is 1.70 bits per heavy atom. The van der Waals surface area contributed by atoms with Crippen LogP contribution in [0.15, 0.2) is 84.1 Å². The number of hydrogen-bond acceptors (Lipinski definition) is 5.